The Morgan fingerprint density at radius 1 is 1.29 bits per heavy atom. The normalized spacial score (nSPS) is 16.8. The smallest absolute Gasteiger partial charge is 0.165 e. The van der Waals surface area contributed by atoms with Gasteiger partial charge in [0.25, 0.3) is 0 Å². The second kappa shape index (κ2) is 5.80. The van der Waals surface area contributed by atoms with Crippen LogP contribution in [0.25, 0.3) is 0 Å². The molecule has 0 N–H and O–H groups in total. The third kappa shape index (κ3) is 3.05. The van der Waals surface area contributed by atoms with Crippen LogP contribution in [-0.2, 0) is 0 Å². The lowest BCUT2D eigenvalue weighted by Crippen LogP contribution is -2.16. The maximum Gasteiger partial charge on any atom is 0.165 e. The van der Waals surface area contributed by atoms with E-state index in [1.807, 2.05) is 0 Å². The Labute approximate surface area is 101 Å². The first-order valence-corrected chi connectivity index (χ1v) is 6.17. The van der Waals surface area contributed by atoms with Crippen LogP contribution in [0.2, 0.25) is 0 Å². The molecule has 92 valence electrons. The van der Waals surface area contributed by atoms with Crippen LogP contribution < -0.4 is 4.74 Å². The van der Waals surface area contributed by atoms with Crippen LogP contribution in [0.1, 0.15) is 42.5 Å². The molecule has 2 rings (SSSR count). The van der Waals surface area contributed by atoms with Crippen molar-refractivity contribution in [2.75, 3.05) is 6.61 Å². The zero-order valence-electron chi connectivity index (χ0n) is 9.82. The molecule has 1 saturated carbocycles. The molecule has 1 aliphatic carbocycles. The van der Waals surface area contributed by atoms with E-state index >= 15 is 0 Å². The Morgan fingerprint density at radius 2 is 2.06 bits per heavy atom. The van der Waals surface area contributed by atoms with Crippen LogP contribution in [0.4, 0.5) is 4.39 Å². The van der Waals surface area contributed by atoms with Crippen molar-refractivity contribution in [1.82, 2.24) is 0 Å². The Hall–Kier alpha value is -1.38. The molecule has 3 heteroatoms. The minimum absolute atomic E-state index is 0.105. The molecular formula is C14H17FO2. The van der Waals surface area contributed by atoms with E-state index in [-0.39, 0.29) is 5.75 Å². The molecule has 1 aliphatic rings. The first-order chi connectivity index (χ1) is 8.31. The van der Waals surface area contributed by atoms with Gasteiger partial charge in [0, 0.05) is 0 Å². The van der Waals surface area contributed by atoms with Gasteiger partial charge in [-0.3, -0.25) is 4.79 Å². The molecule has 1 aromatic carbocycles. The van der Waals surface area contributed by atoms with Gasteiger partial charge < -0.3 is 4.74 Å². The average molecular weight is 236 g/mol. The number of benzene rings is 1. The highest BCUT2D eigenvalue weighted by Crippen LogP contribution is 2.26. The van der Waals surface area contributed by atoms with Crippen molar-refractivity contribution >= 4 is 6.29 Å². The van der Waals surface area contributed by atoms with Crippen molar-refractivity contribution in [3.63, 3.8) is 0 Å². The standard InChI is InChI=1S/C14H17FO2/c15-13-8-4-7-12(9-16)14(13)17-10-11-5-2-1-3-6-11/h4,7-9,11H,1-3,5-6,10H2. The molecule has 17 heavy (non-hydrogen) atoms. The Kier molecular flexibility index (Phi) is 4.13. The van der Waals surface area contributed by atoms with Gasteiger partial charge in [0.05, 0.1) is 12.2 Å². The molecule has 0 atom stereocenters. The SMILES string of the molecule is O=Cc1cccc(F)c1OCC1CCCCC1. The van der Waals surface area contributed by atoms with Crippen molar-refractivity contribution in [3.8, 4) is 5.75 Å². The monoisotopic (exact) mass is 236 g/mol. The molecule has 1 aromatic rings. The lowest BCUT2D eigenvalue weighted by Gasteiger charge is -2.22. The fourth-order valence-electron chi connectivity index (χ4n) is 2.33. The fraction of sp³-hybridized carbons (Fsp3) is 0.500. The largest absolute Gasteiger partial charge is 0.489 e. The van der Waals surface area contributed by atoms with Gasteiger partial charge in [-0.15, -0.1) is 0 Å². The summed E-state index contributed by atoms with van der Waals surface area (Å²) < 4.78 is 19.0. The molecule has 1 fully saturated rings. The summed E-state index contributed by atoms with van der Waals surface area (Å²) in [5, 5.41) is 0. The van der Waals surface area contributed by atoms with E-state index < -0.39 is 5.82 Å². The van der Waals surface area contributed by atoms with Crippen molar-refractivity contribution in [2.45, 2.75) is 32.1 Å². The van der Waals surface area contributed by atoms with Crippen LogP contribution >= 0.6 is 0 Å². The molecule has 0 bridgehead atoms. The van der Waals surface area contributed by atoms with Gasteiger partial charge in [0.15, 0.2) is 17.9 Å². The summed E-state index contributed by atoms with van der Waals surface area (Å²) in [6.07, 6.45) is 6.67. The van der Waals surface area contributed by atoms with E-state index in [2.05, 4.69) is 0 Å². The average Bonchev–Trinajstić information content (AvgIpc) is 2.38. The zero-order valence-corrected chi connectivity index (χ0v) is 9.82. The molecule has 0 aromatic heterocycles. The number of ether oxygens (including phenoxy) is 1. The third-order valence-corrected chi connectivity index (χ3v) is 3.31. The number of halogens is 1. The summed E-state index contributed by atoms with van der Waals surface area (Å²) in [6.45, 7) is 0.516. The lowest BCUT2D eigenvalue weighted by atomic mass is 9.90. The molecule has 0 aliphatic heterocycles. The number of rotatable bonds is 4. The second-order valence-corrected chi connectivity index (χ2v) is 4.59. The van der Waals surface area contributed by atoms with E-state index in [4.69, 9.17) is 4.74 Å². The van der Waals surface area contributed by atoms with Gasteiger partial charge in [0.2, 0.25) is 0 Å². The number of hydrogen-bond acceptors (Lipinski definition) is 2. The van der Waals surface area contributed by atoms with E-state index in [9.17, 15) is 9.18 Å². The van der Waals surface area contributed by atoms with Crippen LogP contribution in [-0.4, -0.2) is 12.9 Å². The highest BCUT2D eigenvalue weighted by atomic mass is 19.1. The van der Waals surface area contributed by atoms with E-state index in [0.717, 1.165) is 12.8 Å². The highest BCUT2D eigenvalue weighted by Gasteiger charge is 2.16. The minimum Gasteiger partial charge on any atom is -0.489 e. The number of aldehydes is 1. The van der Waals surface area contributed by atoms with Crippen molar-refractivity contribution in [2.24, 2.45) is 5.92 Å². The van der Waals surface area contributed by atoms with Gasteiger partial charge in [-0.1, -0.05) is 25.3 Å². The Bertz CT molecular complexity index is 384. The van der Waals surface area contributed by atoms with Crippen LogP contribution in [0, 0.1) is 11.7 Å². The number of hydrogen-bond donors (Lipinski definition) is 0. The molecule has 2 nitrogen and oxygen atoms in total. The molecule has 0 radical (unpaired) electrons. The number of para-hydroxylation sites is 1. The maximum atomic E-state index is 13.5. The van der Waals surface area contributed by atoms with Crippen LogP contribution in [0.15, 0.2) is 18.2 Å². The number of carbonyl (C=O) groups excluding carboxylic acids is 1. The van der Waals surface area contributed by atoms with Crippen molar-refractivity contribution < 1.29 is 13.9 Å². The highest BCUT2D eigenvalue weighted by molar-refractivity contribution is 5.79. The maximum absolute atomic E-state index is 13.5. The summed E-state index contributed by atoms with van der Waals surface area (Å²) >= 11 is 0. The minimum atomic E-state index is -0.453. The van der Waals surface area contributed by atoms with Crippen LogP contribution in [0.3, 0.4) is 0 Å². The zero-order chi connectivity index (χ0) is 12.1. The quantitative estimate of drug-likeness (QED) is 0.747. The third-order valence-electron chi connectivity index (χ3n) is 3.31. The fourth-order valence-corrected chi connectivity index (χ4v) is 2.33. The van der Waals surface area contributed by atoms with Gasteiger partial charge in [-0.05, 0) is 30.9 Å². The molecule has 0 saturated heterocycles. The van der Waals surface area contributed by atoms with Gasteiger partial charge in [0.1, 0.15) is 0 Å². The Morgan fingerprint density at radius 3 is 2.76 bits per heavy atom. The van der Waals surface area contributed by atoms with E-state index in [1.54, 1.807) is 6.07 Å². The molecule has 0 spiro atoms. The predicted molar refractivity (Wildman–Crippen MR) is 63.9 cm³/mol. The molecule has 0 heterocycles. The summed E-state index contributed by atoms with van der Waals surface area (Å²) in [5.41, 5.74) is 0.292. The van der Waals surface area contributed by atoms with Gasteiger partial charge in [-0.2, -0.15) is 0 Å². The Balaban J connectivity index is 2.00. The molecular weight excluding hydrogens is 219 g/mol. The van der Waals surface area contributed by atoms with E-state index in [0.29, 0.717) is 24.4 Å². The second-order valence-electron chi connectivity index (χ2n) is 4.59. The molecule has 0 amide bonds. The topological polar surface area (TPSA) is 26.3 Å². The lowest BCUT2D eigenvalue weighted by molar-refractivity contribution is 0.111. The molecule has 0 unspecified atom stereocenters. The van der Waals surface area contributed by atoms with Crippen LogP contribution in [0.5, 0.6) is 5.75 Å². The first-order valence-electron chi connectivity index (χ1n) is 6.17. The summed E-state index contributed by atoms with van der Waals surface area (Å²) in [7, 11) is 0. The van der Waals surface area contributed by atoms with Crippen molar-refractivity contribution in [1.29, 1.82) is 0 Å². The summed E-state index contributed by atoms with van der Waals surface area (Å²) in [6, 6.07) is 4.42. The van der Waals surface area contributed by atoms with Gasteiger partial charge in [-0.25, -0.2) is 4.39 Å². The first kappa shape index (κ1) is 12.1. The summed E-state index contributed by atoms with van der Waals surface area (Å²) in [5.74, 6) is 0.154. The summed E-state index contributed by atoms with van der Waals surface area (Å²) in [4.78, 5) is 10.8. The number of carbonyl (C=O) groups is 1. The predicted octanol–water partition coefficient (Wildman–Crippen LogP) is 3.60. The van der Waals surface area contributed by atoms with E-state index in [1.165, 1.54) is 31.4 Å². The van der Waals surface area contributed by atoms with Gasteiger partial charge >= 0.3 is 0 Å². The van der Waals surface area contributed by atoms with Crippen molar-refractivity contribution in [3.05, 3.63) is 29.6 Å².